The van der Waals surface area contributed by atoms with Crippen LogP contribution in [-0.4, -0.2) is 36.9 Å². The molecule has 1 aliphatic heterocycles. The predicted octanol–water partition coefficient (Wildman–Crippen LogP) is 3.71. The van der Waals surface area contributed by atoms with Crippen LogP contribution in [0.3, 0.4) is 0 Å². The number of nitrogens with two attached hydrogens (primary N) is 1. The molecule has 0 bridgehead atoms. The predicted molar refractivity (Wildman–Crippen MR) is 99.1 cm³/mol. The minimum Gasteiger partial charge on any atom is -0.351 e. The summed E-state index contributed by atoms with van der Waals surface area (Å²) >= 11 is 0. The van der Waals surface area contributed by atoms with Gasteiger partial charge in [-0.05, 0) is 57.2 Å². The molecule has 3 rings (SSSR count). The summed E-state index contributed by atoms with van der Waals surface area (Å²) in [6.07, 6.45) is 1.54. The van der Waals surface area contributed by atoms with Gasteiger partial charge in [0.1, 0.15) is 11.6 Å². The number of nitrogens with zero attached hydrogens (tertiary/aromatic N) is 2. The molecule has 2 aromatic carbocycles. The standard InChI is InChI=1S/C20H21F2N3O2/c1-24-7-5-13(6-8-24)19(26)14-3-2-4-17(9-14)25(20(23)27)18-11-15(21)10-16(22)12-18/h2-4,9-13H,5-8H2,1H3,(H2,23,27). The average Bonchev–Trinajstić information content (AvgIpc) is 2.61. The lowest BCUT2D eigenvalue weighted by Gasteiger charge is -2.28. The maximum Gasteiger partial charge on any atom is 0.323 e. The number of rotatable bonds is 4. The first-order chi connectivity index (χ1) is 12.8. The van der Waals surface area contributed by atoms with E-state index in [1.54, 1.807) is 18.2 Å². The fraction of sp³-hybridized carbons (Fsp3) is 0.300. The van der Waals surface area contributed by atoms with Gasteiger partial charge in [-0.15, -0.1) is 0 Å². The number of carbonyl (C=O) groups excluding carboxylic acids is 2. The Kier molecular flexibility index (Phi) is 5.51. The Bertz CT molecular complexity index is 844. The van der Waals surface area contributed by atoms with E-state index in [-0.39, 0.29) is 23.1 Å². The maximum absolute atomic E-state index is 13.6. The van der Waals surface area contributed by atoms with Gasteiger partial charge in [-0.3, -0.25) is 9.69 Å². The molecule has 1 saturated heterocycles. The van der Waals surface area contributed by atoms with Gasteiger partial charge in [0.2, 0.25) is 0 Å². The smallest absolute Gasteiger partial charge is 0.323 e. The Morgan fingerprint density at radius 3 is 2.26 bits per heavy atom. The third kappa shape index (κ3) is 4.31. The number of halogens is 2. The van der Waals surface area contributed by atoms with Gasteiger partial charge >= 0.3 is 6.03 Å². The van der Waals surface area contributed by atoms with Gasteiger partial charge in [-0.25, -0.2) is 13.6 Å². The van der Waals surface area contributed by atoms with E-state index in [0.717, 1.165) is 43.0 Å². The molecule has 0 atom stereocenters. The number of carbonyl (C=O) groups is 2. The van der Waals surface area contributed by atoms with E-state index in [9.17, 15) is 18.4 Å². The topological polar surface area (TPSA) is 66.6 Å². The van der Waals surface area contributed by atoms with E-state index in [2.05, 4.69) is 4.90 Å². The molecule has 0 unspecified atom stereocenters. The van der Waals surface area contributed by atoms with Crippen LogP contribution in [0.1, 0.15) is 23.2 Å². The zero-order valence-electron chi connectivity index (χ0n) is 15.0. The molecule has 7 heteroatoms. The molecule has 0 aromatic heterocycles. The molecule has 1 heterocycles. The van der Waals surface area contributed by atoms with Crippen molar-refractivity contribution in [2.75, 3.05) is 25.0 Å². The molecule has 142 valence electrons. The van der Waals surface area contributed by atoms with Gasteiger partial charge in [0.25, 0.3) is 0 Å². The van der Waals surface area contributed by atoms with E-state index in [0.29, 0.717) is 11.6 Å². The summed E-state index contributed by atoms with van der Waals surface area (Å²) in [6, 6.07) is 8.25. The summed E-state index contributed by atoms with van der Waals surface area (Å²) in [5.74, 6) is -1.73. The monoisotopic (exact) mass is 373 g/mol. The van der Waals surface area contributed by atoms with Crippen molar-refractivity contribution in [3.63, 3.8) is 0 Å². The van der Waals surface area contributed by atoms with Crippen LogP contribution in [0.25, 0.3) is 0 Å². The number of amides is 2. The average molecular weight is 373 g/mol. The highest BCUT2D eigenvalue weighted by molar-refractivity contribution is 6.02. The second-order valence-corrected chi connectivity index (χ2v) is 6.79. The van der Waals surface area contributed by atoms with Crippen LogP contribution in [0.15, 0.2) is 42.5 Å². The van der Waals surface area contributed by atoms with Crippen molar-refractivity contribution in [2.24, 2.45) is 11.7 Å². The zero-order chi connectivity index (χ0) is 19.6. The van der Waals surface area contributed by atoms with Crippen LogP contribution in [-0.2, 0) is 0 Å². The minimum absolute atomic E-state index is 0.000191. The van der Waals surface area contributed by atoms with Crippen LogP contribution < -0.4 is 10.6 Å². The fourth-order valence-electron chi connectivity index (χ4n) is 3.38. The maximum atomic E-state index is 13.6. The lowest BCUT2D eigenvalue weighted by molar-refractivity contribution is 0.0857. The van der Waals surface area contributed by atoms with E-state index >= 15 is 0 Å². The Morgan fingerprint density at radius 1 is 1.04 bits per heavy atom. The molecule has 0 spiro atoms. The zero-order valence-corrected chi connectivity index (χ0v) is 15.0. The Labute approximate surface area is 156 Å². The number of Topliss-reactive ketones (excluding diaryl/α,β-unsaturated/α-hetero) is 1. The normalized spacial score (nSPS) is 15.5. The summed E-state index contributed by atoms with van der Waals surface area (Å²) in [5, 5.41) is 0. The number of urea groups is 1. The number of anilines is 2. The van der Waals surface area contributed by atoms with Gasteiger partial charge in [0.15, 0.2) is 5.78 Å². The first kappa shape index (κ1) is 19.0. The number of piperidine rings is 1. The second kappa shape index (κ2) is 7.84. The molecular weight excluding hydrogens is 352 g/mol. The molecular formula is C20H21F2N3O2. The van der Waals surface area contributed by atoms with Gasteiger partial charge in [0, 0.05) is 17.5 Å². The van der Waals surface area contributed by atoms with Crippen LogP contribution in [0, 0.1) is 17.6 Å². The molecule has 0 aliphatic carbocycles. The highest BCUT2D eigenvalue weighted by Crippen LogP contribution is 2.29. The first-order valence-electron chi connectivity index (χ1n) is 8.73. The molecule has 0 radical (unpaired) electrons. The van der Waals surface area contributed by atoms with Crippen molar-refractivity contribution in [3.05, 3.63) is 59.7 Å². The first-order valence-corrected chi connectivity index (χ1v) is 8.73. The van der Waals surface area contributed by atoms with Crippen molar-refractivity contribution < 1.29 is 18.4 Å². The summed E-state index contributed by atoms with van der Waals surface area (Å²) < 4.78 is 27.1. The number of hydrogen-bond acceptors (Lipinski definition) is 3. The van der Waals surface area contributed by atoms with Crippen molar-refractivity contribution >= 4 is 23.2 Å². The van der Waals surface area contributed by atoms with Crippen LogP contribution >= 0.6 is 0 Å². The third-order valence-corrected chi connectivity index (χ3v) is 4.80. The summed E-state index contributed by atoms with van der Waals surface area (Å²) in [5.41, 5.74) is 6.13. The SMILES string of the molecule is CN1CCC(C(=O)c2cccc(N(C(N)=O)c3cc(F)cc(F)c3)c2)CC1. The van der Waals surface area contributed by atoms with Crippen molar-refractivity contribution in [2.45, 2.75) is 12.8 Å². The molecule has 0 saturated carbocycles. The van der Waals surface area contributed by atoms with Crippen molar-refractivity contribution in [1.82, 2.24) is 4.90 Å². The number of likely N-dealkylation sites (tertiary alicyclic amines) is 1. The highest BCUT2D eigenvalue weighted by Gasteiger charge is 2.25. The van der Waals surface area contributed by atoms with Crippen molar-refractivity contribution in [1.29, 1.82) is 0 Å². The second-order valence-electron chi connectivity index (χ2n) is 6.79. The Balaban J connectivity index is 1.92. The van der Waals surface area contributed by atoms with Crippen LogP contribution in [0.5, 0.6) is 0 Å². The van der Waals surface area contributed by atoms with Gasteiger partial charge in [-0.2, -0.15) is 0 Å². The van der Waals surface area contributed by atoms with Crippen LogP contribution in [0.4, 0.5) is 25.0 Å². The lowest BCUT2D eigenvalue weighted by atomic mass is 9.89. The van der Waals surface area contributed by atoms with E-state index in [1.165, 1.54) is 6.07 Å². The molecule has 2 aromatic rings. The highest BCUT2D eigenvalue weighted by atomic mass is 19.1. The lowest BCUT2D eigenvalue weighted by Crippen LogP contribution is -2.34. The molecule has 27 heavy (non-hydrogen) atoms. The molecule has 2 amide bonds. The Morgan fingerprint density at radius 2 is 1.67 bits per heavy atom. The van der Waals surface area contributed by atoms with E-state index in [1.807, 2.05) is 7.05 Å². The molecule has 1 aliphatic rings. The number of primary amides is 1. The summed E-state index contributed by atoms with van der Waals surface area (Å²) in [7, 11) is 2.02. The number of ketones is 1. The third-order valence-electron chi connectivity index (χ3n) is 4.80. The fourth-order valence-corrected chi connectivity index (χ4v) is 3.38. The molecule has 2 N–H and O–H groups in total. The number of benzene rings is 2. The van der Waals surface area contributed by atoms with Crippen molar-refractivity contribution in [3.8, 4) is 0 Å². The van der Waals surface area contributed by atoms with Gasteiger partial charge in [0.05, 0.1) is 11.4 Å². The van der Waals surface area contributed by atoms with E-state index in [4.69, 9.17) is 5.73 Å². The summed E-state index contributed by atoms with van der Waals surface area (Å²) in [6.45, 7) is 1.71. The van der Waals surface area contributed by atoms with Gasteiger partial charge in [-0.1, -0.05) is 12.1 Å². The Hall–Kier alpha value is -2.80. The summed E-state index contributed by atoms with van der Waals surface area (Å²) in [4.78, 5) is 27.9. The molecule has 1 fully saturated rings. The molecule has 5 nitrogen and oxygen atoms in total. The largest absolute Gasteiger partial charge is 0.351 e. The van der Waals surface area contributed by atoms with E-state index < -0.39 is 17.7 Å². The minimum atomic E-state index is -0.899. The van der Waals surface area contributed by atoms with Gasteiger partial charge < -0.3 is 10.6 Å². The number of hydrogen-bond donors (Lipinski definition) is 1. The quantitative estimate of drug-likeness (QED) is 0.831. The van der Waals surface area contributed by atoms with Crippen LogP contribution in [0.2, 0.25) is 0 Å².